The molecule has 0 atom stereocenters. The summed E-state index contributed by atoms with van der Waals surface area (Å²) in [5, 5.41) is 0. The van der Waals surface area contributed by atoms with Gasteiger partial charge in [-0.05, 0) is 0 Å². The normalized spacial score (nSPS) is 6.91. The monoisotopic (exact) mass is 122 g/mol. The molecule has 0 saturated carbocycles. The largest absolute Gasteiger partial charge is 1.00 e. The molecule has 33 valence electrons. The van der Waals surface area contributed by atoms with E-state index in [1.54, 1.807) is 14.1 Å². The van der Waals surface area contributed by atoms with E-state index in [-0.39, 0.29) is 1.43 Å². The fourth-order valence-corrected chi connectivity index (χ4v) is 0.449. The van der Waals surface area contributed by atoms with E-state index in [0.29, 0.717) is 0 Å². The van der Waals surface area contributed by atoms with Gasteiger partial charge in [0.2, 0.25) is 0 Å². The lowest BCUT2D eigenvalue weighted by Crippen LogP contribution is -2.31. The van der Waals surface area contributed by atoms with E-state index in [1.807, 2.05) is 35.3 Å². The van der Waals surface area contributed by atoms with Crippen LogP contribution in [0.1, 0.15) is 1.43 Å². The van der Waals surface area contributed by atoms with Crippen molar-refractivity contribution in [3.05, 3.63) is 0 Å². The van der Waals surface area contributed by atoms with E-state index in [2.05, 4.69) is 0 Å². The second-order valence-corrected chi connectivity index (χ2v) is 1.73. The van der Waals surface area contributed by atoms with Gasteiger partial charge in [0.1, 0.15) is 0 Å². The van der Waals surface area contributed by atoms with Crippen molar-refractivity contribution in [3.63, 3.8) is 0 Å². The summed E-state index contributed by atoms with van der Waals surface area (Å²) in [6, 6.07) is 0. The molecule has 0 aliphatic heterocycles. The van der Waals surface area contributed by atoms with Crippen molar-refractivity contribution in [2.75, 3.05) is 0 Å². The molecule has 0 saturated heterocycles. The fourth-order valence-electron chi connectivity index (χ4n) is 0.449. The zero-order valence-corrected chi connectivity index (χ0v) is 6.35. The Morgan fingerprint density at radius 1 is 0.545 bits per heavy atom. The van der Waals surface area contributed by atoms with E-state index in [0.717, 1.165) is 0 Å². The van der Waals surface area contributed by atoms with Gasteiger partial charge >= 0.3 is 1.43 Å². The van der Waals surface area contributed by atoms with Gasteiger partial charge in [0, 0.05) is 79.0 Å². The molecule has 0 N–H and O–H groups in total. The Hall–Kier alpha value is 0.714. The Kier molecular flexibility index (Phi) is 11.4. The molecule has 0 unspecified atom stereocenters. The third-order valence-electron chi connectivity index (χ3n) is 0.889. The van der Waals surface area contributed by atoms with Crippen molar-refractivity contribution in [1.29, 1.82) is 0 Å². The third kappa shape index (κ3) is 10.7. The van der Waals surface area contributed by atoms with Crippen LogP contribution in [0.15, 0.2) is 0 Å². The molecular formula is HB11+. The highest BCUT2D eigenvalue weighted by atomic mass is 12.8. The van der Waals surface area contributed by atoms with Gasteiger partial charge in [0.05, 0.1) is 0 Å². The molecule has 11 heteroatoms. The maximum atomic E-state index is 5.10. The zero-order chi connectivity index (χ0) is 8.36. The third-order valence-corrected chi connectivity index (χ3v) is 0.889. The Morgan fingerprint density at radius 3 is 1.09 bits per heavy atom. The first-order valence-electron chi connectivity index (χ1n) is 3.33. The van der Waals surface area contributed by atoms with E-state index in [4.69, 9.17) is 15.5 Å². The minimum atomic E-state index is 0. The summed E-state index contributed by atoms with van der Waals surface area (Å²) in [6.07, 6.45) is 0. The lowest BCUT2D eigenvalue weighted by Gasteiger charge is -1.93. The predicted octanol–water partition coefficient (Wildman–Crippen LogP) is -4.08. The molecule has 0 amide bonds. The fraction of sp³-hybridized carbons (Fsp3) is 0. The van der Waals surface area contributed by atoms with Crippen LogP contribution in [0.5, 0.6) is 0 Å². The Morgan fingerprint density at radius 2 is 0.818 bits per heavy atom. The summed E-state index contributed by atoms with van der Waals surface area (Å²) in [5.41, 5.74) is 0. The summed E-state index contributed by atoms with van der Waals surface area (Å²) in [4.78, 5) is 0. The minimum Gasteiger partial charge on any atom is 0 e. The summed E-state index contributed by atoms with van der Waals surface area (Å²) >= 11 is 0. The molecule has 0 aromatic rings. The Balaban J connectivity index is 0. The van der Waals surface area contributed by atoms with Crippen LogP contribution in [0, 0.1) is 0 Å². The van der Waals surface area contributed by atoms with Crippen molar-refractivity contribution < 1.29 is 1.43 Å². The van der Waals surface area contributed by atoms with E-state index in [1.165, 1.54) is 14.1 Å². The molecule has 0 spiro atoms. The zero-order valence-electron chi connectivity index (χ0n) is 7.35. The van der Waals surface area contributed by atoms with Crippen molar-refractivity contribution in [2.24, 2.45) is 0 Å². The van der Waals surface area contributed by atoms with Gasteiger partial charge < -0.3 is 0 Å². The smallest absolute Gasteiger partial charge is 0 e. The van der Waals surface area contributed by atoms with Gasteiger partial charge in [-0.1, -0.05) is 0 Å². The van der Waals surface area contributed by atoms with Gasteiger partial charge in [-0.3, -0.25) is 0 Å². The van der Waals surface area contributed by atoms with Crippen LogP contribution in [-0.2, 0) is 0 Å². The van der Waals surface area contributed by atoms with E-state index >= 15 is 0 Å². The summed E-state index contributed by atoms with van der Waals surface area (Å²) in [6.45, 7) is 0. The van der Waals surface area contributed by atoms with Crippen LogP contribution in [0.4, 0.5) is 0 Å². The molecule has 0 aromatic carbocycles. The number of hydrogen-bond acceptors (Lipinski definition) is 0. The van der Waals surface area contributed by atoms with Crippen molar-refractivity contribution in [3.8, 4) is 0 Å². The highest BCUT2D eigenvalue weighted by Crippen LogP contribution is 1.56. The van der Waals surface area contributed by atoms with Crippen LogP contribution in [-0.4, -0.2) is 79.0 Å². The molecule has 13 radical (unpaired) electrons. The van der Waals surface area contributed by atoms with Crippen molar-refractivity contribution in [1.82, 2.24) is 0 Å². The van der Waals surface area contributed by atoms with Gasteiger partial charge in [0.25, 0.3) is 0 Å². The number of hydrogen-bond donors (Lipinski definition) is 0. The number of rotatable bonds is 8. The van der Waals surface area contributed by atoms with Crippen LogP contribution in [0.25, 0.3) is 0 Å². The minimum absolute atomic E-state index is 0. The summed E-state index contributed by atoms with van der Waals surface area (Å²) in [5.74, 6) is 0. The van der Waals surface area contributed by atoms with Crippen molar-refractivity contribution >= 4 is 79.0 Å². The maximum Gasteiger partial charge on any atom is 1.00 e. The predicted molar refractivity (Wildman–Crippen MR) is 64.4 cm³/mol. The molecule has 0 bridgehead atoms. The second kappa shape index (κ2) is 10.7. The van der Waals surface area contributed by atoms with Crippen LogP contribution >= 0.6 is 0 Å². The molecule has 0 fully saturated rings. The maximum absolute atomic E-state index is 5.10. The second-order valence-electron chi connectivity index (χ2n) is 1.73. The first-order valence-corrected chi connectivity index (χ1v) is 3.33. The quantitative estimate of drug-likeness (QED) is 0.226. The van der Waals surface area contributed by atoms with Crippen LogP contribution in [0.3, 0.4) is 0 Å². The topological polar surface area (TPSA) is 0 Å². The molecule has 0 rings (SSSR count). The molecular weight excluding hydrogens is 119 g/mol. The first-order chi connectivity index (χ1) is 5.41. The van der Waals surface area contributed by atoms with Gasteiger partial charge in [-0.2, -0.15) is 0 Å². The van der Waals surface area contributed by atoms with Gasteiger partial charge in [0.15, 0.2) is 0 Å². The van der Waals surface area contributed by atoms with E-state index in [9.17, 15) is 0 Å². The summed E-state index contributed by atoms with van der Waals surface area (Å²) in [7, 11) is 26.0. The average molecular weight is 120 g/mol. The molecule has 11 heavy (non-hydrogen) atoms. The highest BCUT2D eigenvalue weighted by molar-refractivity contribution is 7.69. The lowest BCUT2D eigenvalue weighted by atomic mass is 8.88. The van der Waals surface area contributed by atoms with Crippen molar-refractivity contribution in [2.45, 2.75) is 0 Å². The highest BCUT2D eigenvalue weighted by Gasteiger charge is 1.94. The SMILES string of the molecule is [B][B][B][B][B][B][B][B][B][B][B].[H+]. The standard InChI is InChI=1S/B11/c1-3-5-7-9-11-10-8-6-4-2/p+1. The molecule has 0 aliphatic carbocycles. The molecule has 0 heterocycles. The Labute approximate surface area is 80.9 Å². The lowest BCUT2D eigenvalue weighted by molar-refractivity contribution is 3.82. The average Bonchev–Trinajstić information content (AvgIpc) is 2.03. The van der Waals surface area contributed by atoms with Crippen LogP contribution < -0.4 is 0 Å². The van der Waals surface area contributed by atoms with Crippen LogP contribution in [0.2, 0.25) is 0 Å². The van der Waals surface area contributed by atoms with Gasteiger partial charge in [-0.25, -0.2) is 0 Å². The molecule has 0 nitrogen and oxygen atoms in total. The first kappa shape index (κ1) is 11.7. The summed E-state index contributed by atoms with van der Waals surface area (Å²) < 4.78 is 0. The molecule has 0 aromatic heterocycles. The Bertz CT molecular complexity index is 54.0. The van der Waals surface area contributed by atoms with Gasteiger partial charge in [-0.15, -0.1) is 0 Å². The van der Waals surface area contributed by atoms with E-state index < -0.39 is 0 Å². The molecule has 0 aliphatic rings.